The topological polar surface area (TPSA) is 76.2 Å². The van der Waals surface area contributed by atoms with Crippen LogP contribution in [0, 0.1) is 0 Å². The molecule has 160 valence electrons. The minimum atomic E-state index is -2.88. The Morgan fingerprint density at radius 3 is 2.41 bits per heavy atom. The Kier molecular flexibility index (Phi) is 7.18. The van der Waals surface area contributed by atoms with Crippen LogP contribution in [0.5, 0.6) is 11.5 Å². The third-order valence-electron chi connectivity index (χ3n) is 5.34. The number of sulfone groups is 1. The van der Waals surface area contributed by atoms with E-state index in [0.29, 0.717) is 44.2 Å². The molecule has 1 atom stereocenters. The highest BCUT2D eigenvalue weighted by Crippen LogP contribution is 2.29. The molecule has 2 aliphatic heterocycles. The largest absolute Gasteiger partial charge is 0.490 e. The summed E-state index contributed by atoms with van der Waals surface area (Å²) in [6, 6.07) is 5.73. The van der Waals surface area contributed by atoms with Crippen LogP contribution in [0.4, 0.5) is 0 Å². The van der Waals surface area contributed by atoms with Gasteiger partial charge in [0.2, 0.25) is 5.91 Å². The first kappa shape index (κ1) is 21.6. The number of amides is 1. The quantitative estimate of drug-likeness (QED) is 0.624. The molecule has 1 aromatic carbocycles. The highest BCUT2D eigenvalue weighted by molar-refractivity contribution is 7.91. The molecule has 2 saturated heterocycles. The van der Waals surface area contributed by atoms with Gasteiger partial charge in [0.1, 0.15) is 0 Å². The van der Waals surface area contributed by atoms with E-state index >= 15 is 0 Å². The van der Waals surface area contributed by atoms with Crippen LogP contribution in [-0.2, 0) is 14.6 Å². The van der Waals surface area contributed by atoms with Gasteiger partial charge in [-0.15, -0.1) is 0 Å². The second-order valence-electron chi connectivity index (χ2n) is 7.32. The molecule has 0 aromatic heterocycles. The van der Waals surface area contributed by atoms with Crippen molar-refractivity contribution in [3.63, 3.8) is 0 Å². The van der Waals surface area contributed by atoms with Gasteiger partial charge in [0.25, 0.3) is 0 Å². The molecular weight excluding hydrogens is 392 g/mol. The zero-order valence-electron chi connectivity index (χ0n) is 17.2. The van der Waals surface area contributed by atoms with Crippen molar-refractivity contribution >= 4 is 21.8 Å². The van der Waals surface area contributed by atoms with Gasteiger partial charge in [-0.1, -0.05) is 6.07 Å². The van der Waals surface area contributed by atoms with E-state index in [4.69, 9.17) is 9.47 Å². The zero-order chi connectivity index (χ0) is 20.9. The Morgan fingerprint density at radius 2 is 1.79 bits per heavy atom. The summed E-state index contributed by atoms with van der Waals surface area (Å²) in [7, 11) is -2.88. The fourth-order valence-corrected chi connectivity index (χ4v) is 5.58. The van der Waals surface area contributed by atoms with Crippen LogP contribution in [0.2, 0.25) is 0 Å². The van der Waals surface area contributed by atoms with Crippen molar-refractivity contribution in [3.05, 3.63) is 29.8 Å². The molecule has 0 radical (unpaired) electrons. The van der Waals surface area contributed by atoms with Gasteiger partial charge in [-0.3, -0.25) is 9.69 Å². The molecule has 2 fully saturated rings. The monoisotopic (exact) mass is 422 g/mol. The SMILES string of the molecule is CCOc1ccc(/C=C/C(=O)N2CCN(C3CCS(=O)(=O)C3)CC2)cc1OCC. The Morgan fingerprint density at radius 1 is 1.10 bits per heavy atom. The van der Waals surface area contributed by atoms with Gasteiger partial charge in [0.05, 0.1) is 24.7 Å². The van der Waals surface area contributed by atoms with Crippen LogP contribution in [0.1, 0.15) is 25.8 Å². The van der Waals surface area contributed by atoms with Crippen molar-refractivity contribution in [1.82, 2.24) is 9.80 Å². The van der Waals surface area contributed by atoms with Gasteiger partial charge in [-0.05, 0) is 44.0 Å². The molecule has 2 heterocycles. The number of ether oxygens (including phenoxy) is 2. The molecule has 0 aliphatic carbocycles. The Bertz CT molecular complexity index is 845. The normalized spacial score (nSPS) is 22.1. The number of piperazine rings is 1. The molecule has 2 aliphatic rings. The lowest BCUT2D eigenvalue weighted by atomic mass is 10.1. The van der Waals surface area contributed by atoms with E-state index in [1.807, 2.05) is 36.9 Å². The van der Waals surface area contributed by atoms with Crippen LogP contribution in [0.3, 0.4) is 0 Å². The number of nitrogens with zero attached hydrogens (tertiary/aromatic N) is 2. The van der Waals surface area contributed by atoms with E-state index in [1.54, 1.807) is 12.2 Å². The molecule has 0 saturated carbocycles. The first-order valence-electron chi connectivity index (χ1n) is 10.2. The standard InChI is InChI=1S/C21H30N2O5S/c1-3-27-19-7-5-17(15-20(19)28-4-2)6-8-21(24)23-12-10-22(11-13-23)18-9-14-29(25,26)16-18/h5-8,15,18H,3-4,9-14,16H2,1-2H3/b8-6+. The first-order valence-corrected chi connectivity index (χ1v) is 12.0. The smallest absolute Gasteiger partial charge is 0.246 e. The van der Waals surface area contributed by atoms with Crippen LogP contribution >= 0.6 is 0 Å². The molecular formula is C21H30N2O5S. The molecule has 8 heteroatoms. The van der Waals surface area contributed by atoms with Crippen molar-refractivity contribution in [1.29, 1.82) is 0 Å². The minimum Gasteiger partial charge on any atom is -0.490 e. The number of hydrogen-bond donors (Lipinski definition) is 0. The van der Waals surface area contributed by atoms with E-state index in [9.17, 15) is 13.2 Å². The average molecular weight is 423 g/mol. The minimum absolute atomic E-state index is 0.0319. The lowest BCUT2D eigenvalue weighted by Gasteiger charge is -2.37. The zero-order valence-corrected chi connectivity index (χ0v) is 18.0. The third kappa shape index (κ3) is 5.73. The van der Waals surface area contributed by atoms with Gasteiger partial charge in [-0.25, -0.2) is 8.42 Å². The Balaban J connectivity index is 1.55. The van der Waals surface area contributed by atoms with Crippen LogP contribution < -0.4 is 9.47 Å². The third-order valence-corrected chi connectivity index (χ3v) is 7.09. The van der Waals surface area contributed by atoms with Crippen molar-refractivity contribution in [2.45, 2.75) is 26.3 Å². The van der Waals surface area contributed by atoms with Crippen LogP contribution in [-0.4, -0.2) is 81.1 Å². The highest BCUT2D eigenvalue weighted by Gasteiger charge is 2.34. The average Bonchev–Trinajstić information content (AvgIpc) is 3.08. The fraction of sp³-hybridized carbons (Fsp3) is 0.571. The second-order valence-corrected chi connectivity index (χ2v) is 9.55. The predicted molar refractivity (Wildman–Crippen MR) is 113 cm³/mol. The van der Waals surface area contributed by atoms with Gasteiger partial charge in [-0.2, -0.15) is 0 Å². The maximum Gasteiger partial charge on any atom is 0.246 e. The Labute approximate surface area is 173 Å². The van der Waals surface area contributed by atoms with Crippen molar-refractivity contribution in [2.24, 2.45) is 0 Å². The molecule has 0 spiro atoms. The van der Waals surface area contributed by atoms with E-state index in [-0.39, 0.29) is 23.5 Å². The molecule has 0 N–H and O–H groups in total. The second kappa shape index (κ2) is 9.63. The summed E-state index contributed by atoms with van der Waals surface area (Å²) < 4.78 is 34.6. The summed E-state index contributed by atoms with van der Waals surface area (Å²) >= 11 is 0. The van der Waals surface area contributed by atoms with E-state index < -0.39 is 9.84 Å². The molecule has 29 heavy (non-hydrogen) atoms. The molecule has 1 amide bonds. The fourth-order valence-electron chi connectivity index (χ4n) is 3.82. The van der Waals surface area contributed by atoms with Gasteiger partial charge < -0.3 is 14.4 Å². The van der Waals surface area contributed by atoms with Gasteiger partial charge in [0, 0.05) is 38.3 Å². The number of carbonyl (C=O) groups excluding carboxylic acids is 1. The van der Waals surface area contributed by atoms with Crippen molar-refractivity contribution in [3.8, 4) is 11.5 Å². The first-order chi connectivity index (χ1) is 13.9. The van der Waals surface area contributed by atoms with Gasteiger partial charge >= 0.3 is 0 Å². The summed E-state index contributed by atoms with van der Waals surface area (Å²) in [5, 5.41) is 0. The van der Waals surface area contributed by atoms with Gasteiger partial charge in [0.15, 0.2) is 21.3 Å². The summed E-state index contributed by atoms with van der Waals surface area (Å²) in [5.74, 6) is 1.87. The lowest BCUT2D eigenvalue weighted by Crippen LogP contribution is -2.52. The summed E-state index contributed by atoms with van der Waals surface area (Å²) in [6.07, 6.45) is 4.08. The number of benzene rings is 1. The number of carbonyl (C=O) groups is 1. The number of hydrogen-bond acceptors (Lipinski definition) is 6. The van der Waals surface area contributed by atoms with Crippen molar-refractivity contribution in [2.75, 3.05) is 50.9 Å². The summed E-state index contributed by atoms with van der Waals surface area (Å²) in [4.78, 5) is 16.6. The maximum absolute atomic E-state index is 12.6. The van der Waals surface area contributed by atoms with E-state index in [1.165, 1.54) is 0 Å². The lowest BCUT2D eigenvalue weighted by molar-refractivity contribution is -0.127. The maximum atomic E-state index is 12.6. The Hall–Kier alpha value is -2.06. The summed E-state index contributed by atoms with van der Waals surface area (Å²) in [6.45, 7) is 7.62. The van der Waals surface area contributed by atoms with Crippen LogP contribution in [0.25, 0.3) is 6.08 Å². The van der Waals surface area contributed by atoms with E-state index in [2.05, 4.69) is 4.90 Å². The molecule has 1 aromatic rings. The highest BCUT2D eigenvalue weighted by atomic mass is 32.2. The van der Waals surface area contributed by atoms with E-state index in [0.717, 1.165) is 18.7 Å². The number of rotatable bonds is 7. The predicted octanol–water partition coefficient (Wildman–Crippen LogP) is 1.83. The summed E-state index contributed by atoms with van der Waals surface area (Å²) in [5.41, 5.74) is 0.875. The molecule has 7 nitrogen and oxygen atoms in total. The molecule has 3 rings (SSSR count). The van der Waals surface area contributed by atoms with Crippen LogP contribution in [0.15, 0.2) is 24.3 Å². The molecule has 0 bridgehead atoms. The molecule has 1 unspecified atom stereocenters. The van der Waals surface area contributed by atoms with Crippen molar-refractivity contribution < 1.29 is 22.7 Å².